The van der Waals surface area contributed by atoms with Gasteiger partial charge in [-0.25, -0.2) is 0 Å². The number of aliphatic carboxylic acids is 2. The van der Waals surface area contributed by atoms with E-state index < -0.39 is 17.9 Å². The normalized spacial score (nSPS) is 12.3. The molecule has 1 atom stereocenters. The van der Waals surface area contributed by atoms with Crippen molar-refractivity contribution >= 4 is 23.3 Å². The second kappa shape index (κ2) is 4.04. The van der Waals surface area contributed by atoms with Crippen molar-refractivity contribution in [3.8, 4) is 0 Å². The summed E-state index contributed by atoms with van der Waals surface area (Å²) in [5.41, 5.74) is 0. The monoisotopic (exact) mass is 200 g/mol. The summed E-state index contributed by atoms with van der Waals surface area (Å²) in [6, 6.07) is 3.34. The van der Waals surface area contributed by atoms with Crippen LogP contribution in [0.5, 0.6) is 0 Å². The highest BCUT2D eigenvalue weighted by Crippen LogP contribution is 2.24. The van der Waals surface area contributed by atoms with Gasteiger partial charge in [0.15, 0.2) is 0 Å². The molecule has 5 heteroatoms. The van der Waals surface area contributed by atoms with E-state index in [1.807, 2.05) is 0 Å². The molecule has 1 rings (SSSR count). The van der Waals surface area contributed by atoms with E-state index in [0.717, 1.165) is 0 Å². The van der Waals surface area contributed by atoms with Gasteiger partial charge in [-0.3, -0.25) is 9.59 Å². The predicted octanol–water partition coefficient (Wildman–Crippen LogP) is 1.39. The van der Waals surface area contributed by atoms with Crippen molar-refractivity contribution in [1.82, 2.24) is 0 Å². The fourth-order valence-electron chi connectivity index (χ4n) is 0.974. The van der Waals surface area contributed by atoms with Gasteiger partial charge in [-0.2, -0.15) is 0 Å². The number of carbonyl (C=O) groups is 2. The lowest BCUT2D eigenvalue weighted by Gasteiger charge is -2.05. The summed E-state index contributed by atoms with van der Waals surface area (Å²) in [5.74, 6) is -3.11. The van der Waals surface area contributed by atoms with Crippen LogP contribution in [0, 0.1) is 0 Å². The van der Waals surface area contributed by atoms with E-state index >= 15 is 0 Å². The molecule has 70 valence electrons. The molecule has 1 heterocycles. The first-order valence-electron chi connectivity index (χ1n) is 3.59. The molecule has 0 bridgehead atoms. The number of carboxylic acid groups (broad SMARTS) is 2. The molecule has 0 aromatic carbocycles. The standard InChI is InChI=1S/C8H8O4S/c9-7(10)4-5(8(11)12)6-2-1-3-13-6/h1-3,5H,4H2,(H,9,10)(H,11,12)/t5-/m0/s1. The molecule has 0 radical (unpaired) electrons. The van der Waals surface area contributed by atoms with Crippen LogP contribution in [0.1, 0.15) is 17.2 Å². The third-order valence-electron chi connectivity index (χ3n) is 1.56. The Kier molecular flexibility index (Phi) is 3.02. The molecule has 0 saturated heterocycles. The fourth-order valence-corrected chi connectivity index (χ4v) is 1.79. The third-order valence-corrected chi connectivity index (χ3v) is 2.55. The number of hydrogen-bond acceptors (Lipinski definition) is 3. The Morgan fingerprint density at radius 3 is 2.54 bits per heavy atom. The smallest absolute Gasteiger partial charge is 0.312 e. The lowest BCUT2D eigenvalue weighted by Crippen LogP contribution is -2.14. The maximum Gasteiger partial charge on any atom is 0.312 e. The molecule has 0 aliphatic carbocycles. The molecular weight excluding hydrogens is 192 g/mol. The van der Waals surface area contributed by atoms with Crippen molar-refractivity contribution in [2.75, 3.05) is 0 Å². The lowest BCUT2D eigenvalue weighted by molar-refractivity contribution is -0.145. The second-order valence-electron chi connectivity index (χ2n) is 2.50. The first-order chi connectivity index (χ1) is 6.11. The molecule has 0 saturated carbocycles. The average Bonchev–Trinajstić information content (AvgIpc) is 2.50. The second-order valence-corrected chi connectivity index (χ2v) is 3.48. The van der Waals surface area contributed by atoms with Crippen LogP contribution in [-0.2, 0) is 9.59 Å². The minimum atomic E-state index is -1.10. The van der Waals surface area contributed by atoms with Gasteiger partial charge in [0.05, 0.1) is 6.42 Å². The van der Waals surface area contributed by atoms with E-state index in [-0.39, 0.29) is 6.42 Å². The highest BCUT2D eigenvalue weighted by molar-refractivity contribution is 7.10. The van der Waals surface area contributed by atoms with Crippen molar-refractivity contribution in [2.45, 2.75) is 12.3 Å². The van der Waals surface area contributed by atoms with Crippen molar-refractivity contribution in [1.29, 1.82) is 0 Å². The van der Waals surface area contributed by atoms with E-state index in [0.29, 0.717) is 4.88 Å². The number of carboxylic acids is 2. The number of thiophene rings is 1. The summed E-state index contributed by atoms with van der Waals surface area (Å²) < 4.78 is 0. The maximum absolute atomic E-state index is 10.7. The van der Waals surface area contributed by atoms with Crippen LogP contribution < -0.4 is 0 Å². The van der Waals surface area contributed by atoms with E-state index in [1.165, 1.54) is 11.3 Å². The van der Waals surface area contributed by atoms with Crippen LogP contribution in [0.4, 0.5) is 0 Å². The van der Waals surface area contributed by atoms with Gasteiger partial charge in [0.25, 0.3) is 0 Å². The van der Waals surface area contributed by atoms with Crippen LogP contribution in [-0.4, -0.2) is 22.2 Å². The Morgan fingerprint density at radius 2 is 2.15 bits per heavy atom. The van der Waals surface area contributed by atoms with E-state index in [4.69, 9.17) is 10.2 Å². The Morgan fingerprint density at radius 1 is 1.46 bits per heavy atom. The first-order valence-corrected chi connectivity index (χ1v) is 4.47. The molecule has 0 aliphatic rings. The van der Waals surface area contributed by atoms with Gasteiger partial charge < -0.3 is 10.2 Å². The highest BCUT2D eigenvalue weighted by atomic mass is 32.1. The molecule has 2 N–H and O–H groups in total. The zero-order valence-electron chi connectivity index (χ0n) is 6.64. The third kappa shape index (κ3) is 2.55. The molecule has 1 aromatic heterocycles. The Hall–Kier alpha value is -1.36. The highest BCUT2D eigenvalue weighted by Gasteiger charge is 2.23. The van der Waals surface area contributed by atoms with E-state index in [2.05, 4.69) is 0 Å². The van der Waals surface area contributed by atoms with Crippen molar-refractivity contribution in [2.24, 2.45) is 0 Å². The van der Waals surface area contributed by atoms with Gasteiger partial charge in [0, 0.05) is 4.88 Å². The van der Waals surface area contributed by atoms with Gasteiger partial charge in [0.1, 0.15) is 5.92 Å². The topological polar surface area (TPSA) is 74.6 Å². The zero-order valence-corrected chi connectivity index (χ0v) is 7.45. The van der Waals surface area contributed by atoms with E-state index in [1.54, 1.807) is 17.5 Å². The summed E-state index contributed by atoms with van der Waals surface area (Å²) in [6.45, 7) is 0. The summed E-state index contributed by atoms with van der Waals surface area (Å²) >= 11 is 1.26. The predicted molar refractivity (Wildman–Crippen MR) is 46.9 cm³/mol. The molecule has 4 nitrogen and oxygen atoms in total. The molecule has 0 unspecified atom stereocenters. The molecular formula is C8H8O4S. The van der Waals surface area contributed by atoms with E-state index in [9.17, 15) is 9.59 Å². The van der Waals surface area contributed by atoms with Gasteiger partial charge >= 0.3 is 11.9 Å². The quantitative estimate of drug-likeness (QED) is 0.770. The van der Waals surface area contributed by atoms with Gasteiger partial charge in [-0.1, -0.05) is 6.07 Å². The van der Waals surface area contributed by atoms with Gasteiger partial charge in [0.2, 0.25) is 0 Å². The zero-order chi connectivity index (χ0) is 9.84. The fraction of sp³-hybridized carbons (Fsp3) is 0.250. The van der Waals surface area contributed by atoms with Crippen molar-refractivity contribution in [3.05, 3.63) is 22.4 Å². The molecule has 0 amide bonds. The summed E-state index contributed by atoms with van der Waals surface area (Å²) in [7, 11) is 0. The molecule has 13 heavy (non-hydrogen) atoms. The minimum absolute atomic E-state index is 0.365. The number of hydrogen-bond donors (Lipinski definition) is 2. The lowest BCUT2D eigenvalue weighted by atomic mass is 10.0. The number of rotatable bonds is 4. The Labute approximate surface area is 78.4 Å². The Bertz CT molecular complexity index is 304. The van der Waals surface area contributed by atoms with Crippen LogP contribution in [0.25, 0.3) is 0 Å². The molecule has 0 aliphatic heterocycles. The average molecular weight is 200 g/mol. The summed E-state index contributed by atoms with van der Waals surface area (Å²) in [4.78, 5) is 21.6. The SMILES string of the molecule is O=C(O)C[C@H](C(=O)O)c1cccs1. The van der Waals surface area contributed by atoms with Crippen LogP contribution in [0.15, 0.2) is 17.5 Å². The minimum Gasteiger partial charge on any atom is -0.481 e. The summed E-state index contributed by atoms with van der Waals surface area (Å²) in [5, 5.41) is 18.9. The molecule has 1 aromatic rings. The maximum atomic E-state index is 10.7. The van der Waals surface area contributed by atoms with Gasteiger partial charge in [-0.15, -0.1) is 11.3 Å². The summed E-state index contributed by atoms with van der Waals surface area (Å²) in [6.07, 6.45) is -0.365. The van der Waals surface area contributed by atoms with Crippen LogP contribution in [0.3, 0.4) is 0 Å². The van der Waals surface area contributed by atoms with Crippen LogP contribution in [0.2, 0.25) is 0 Å². The van der Waals surface area contributed by atoms with Gasteiger partial charge in [-0.05, 0) is 11.4 Å². The van der Waals surface area contributed by atoms with Crippen LogP contribution >= 0.6 is 11.3 Å². The Balaban J connectivity index is 2.81. The first kappa shape index (κ1) is 9.73. The largest absolute Gasteiger partial charge is 0.481 e. The van der Waals surface area contributed by atoms with Crippen molar-refractivity contribution in [3.63, 3.8) is 0 Å². The molecule has 0 fully saturated rings. The molecule has 0 spiro atoms. The van der Waals surface area contributed by atoms with Crippen molar-refractivity contribution < 1.29 is 19.8 Å².